The number of rotatable bonds is 8. The minimum atomic E-state index is -0.0721. The predicted octanol–water partition coefficient (Wildman–Crippen LogP) is 3.80. The van der Waals surface area contributed by atoms with Gasteiger partial charge in [0.05, 0.1) is 12.0 Å². The minimum absolute atomic E-state index is 0.0464. The number of carbonyl (C=O) groups excluding carboxylic acids is 2. The average molecular weight is 414 g/mol. The molecule has 1 heterocycles. The van der Waals surface area contributed by atoms with Gasteiger partial charge in [0.15, 0.2) is 0 Å². The Hall–Kier alpha value is -1.88. The molecule has 2 fully saturated rings. The molecule has 1 N–H and O–H groups in total. The Balaban J connectivity index is 1.64. The van der Waals surface area contributed by atoms with Crippen LogP contribution in [0.15, 0.2) is 30.3 Å². The molecular formula is C25H39N3O2. The molecule has 1 aliphatic heterocycles. The fourth-order valence-electron chi connectivity index (χ4n) is 5.06. The maximum atomic E-state index is 13.2. The number of nitrogens with one attached hydrogen (secondary N) is 1. The van der Waals surface area contributed by atoms with E-state index in [0.29, 0.717) is 19.0 Å². The summed E-state index contributed by atoms with van der Waals surface area (Å²) in [6, 6.07) is 10.3. The van der Waals surface area contributed by atoms with E-state index in [2.05, 4.69) is 43.1 Å². The average Bonchev–Trinajstić information content (AvgIpc) is 3.29. The molecule has 3 atom stereocenters. The molecule has 0 aromatic heterocycles. The lowest BCUT2D eigenvalue weighted by Crippen LogP contribution is -2.59. The van der Waals surface area contributed by atoms with Crippen molar-refractivity contribution in [2.45, 2.75) is 77.3 Å². The summed E-state index contributed by atoms with van der Waals surface area (Å²) in [4.78, 5) is 30.7. The van der Waals surface area contributed by atoms with Crippen LogP contribution in [0, 0.1) is 5.92 Å². The standard InChI is InChI=1S/C25H39N3O2/c1-4-19(3)26-24(29)23(21-13-9-10-14-21)27-15-17-28(18-16-27)25(30)22(5-2)20-11-7-6-8-12-20/h6-8,11-12,19,21-23H,4-5,9-10,13-18H2,1-3H3,(H,26,29). The van der Waals surface area contributed by atoms with Gasteiger partial charge in [0.25, 0.3) is 0 Å². The summed E-state index contributed by atoms with van der Waals surface area (Å²) in [5, 5.41) is 3.23. The Morgan fingerprint density at radius 1 is 1.00 bits per heavy atom. The summed E-state index contributed by atoms with van der Waals surface area (Å²) in [6.07, 6.45) is 6.50. The molecule has 2 aliphatic rings. The molecule has 0 bridgehead atoms. The van der Waals surface area contributed by atoms with E-state index in [1.165, 1.54) is 12.8 Å². The van der Waals surface area contributed by atoms with E-state index in [1.54, 1.807) is 0 Å². The summed E-state index contributed by atoms with van der Waals surface area (Å²) in [5.41, 5.74) is 1.10. The van der Waals surface area contributed by atoms with Crippen molar-refractivity contribution in [1.82, 2.24) is 15.1 Å². The third-order valence-corrected chi connectivity index (χ3v) is 7.04. The van der Waals surface area contributed by atoms with Gasteiger partial charge in [-0.1, -0.05) is 57.0 Å². The summed E-state index contributed by atoms with van der Waals surface area (Å²) >= 11 is 0. The van der Waals surface area contributed by atoms with Gasteiger partial charge in [0.1, 0.15) is 0 Å². The molecule has 30 heavy (non-hydrogen) atoms. The van der Waals surface area contributed by atoms with E-state index in [4.69, 9.17) is 0 Å². The minimum Gasteiger partial charge on any atom is -0.352 e. The van der Waals surface area contributed by atoms with Gasteiger partial charge >= 0.3 is 0 Å². The Kier molecular flexibility index (Phi) is 8.32. The summed E-state index contributed by atoms with van der Waals surface area (Å²) in [7, 11) is 0. The molecule has 3 unspecified atom stereocenters. The Morgan fingerprint density at radius 3 is 2.20 bits per heavy atom. The molecule has 5 heteroatoms. The second-order valence-electron chi connectivity index (χ2n) is 9.04. The Morgan fingerprint density at radius 2 is 1.63 bits per heavy atom. The number of hydrogen-bond acceptors (Lipinski definition) is 3. The van der Waals surface area contributed by atoms with Gasteiger partial charge in [0, 0.05) is 32.2 Å². The third kappa shape index (κ3) is 5.42. The highest BCUT2D eigenvalue weighted by Crippen LogP contribution is 2.31. The van der Waals surface area contributed by atoms with Crippen molar-refractivity contribution in [3.05, 3.63) is 35.9 Å². The topological polar surface area (TPSA) is 52.7 Å². The lowest BCUT2D eigenvalue weighted by atomic mass is 9.93. The molecule has 3 rings (SSSR count). The predicted molar refractivity (Wildman–Crippen MR) is 121 cm³/mol. The van der Waals surface area contributed by atoms with Crippen LogP contribution in [0.2, 0.25) is 0 Å². The quantitative estimate of drug-likeness (QED) is 0.705. The summed E-state index contributed by atoms with van der Waals surface area (Å²) in [5.74, 6) is 0.790. The normalized spacial score (nSPS) is 21.2. The summed E-state index contributed by atoms with van der Waals surface area (Å²) < 4.78 is 0. The number of carbonyl (C=O) groups is 2. The zero-order valence-electron chi connectivity index (χ0n) is 19.0. The van der Waals surface area contributed by atoms with Gasteiger partial charge in [-0.2, -0.15) is 0 Å². The van der Waals surface area contributed by atoms with E-state index >= 15 is 0 Å². The van der Waals surface area contributed by atoms with Crippen LogP contribution in [0.25, 0.3) is 0 Å². The lowest BCUT2D eigenvalue weighted by molar-refractivity contribution is -0.136. The second kappa shape index (κ2) is 10.9. The fraction of sp³-hybridized carbons (Fsp3) is 0.680. The third-order valence-electron chi connectivity index (χ3n) is 7.04. The molecule has 0 spiro atoms. The van der Waals surface area contributed by atoms with Crippen molar-refractivity contribution in [2.24, 2.45) is 5.92 Å². The summed E-state index contributed by atoms with van der Waals surface area (Å²) in [6.45, 7) is 9.26. The van der Waals surface area contributed by atoms with E-state index in [9.17, 15) is 9.59 Å². The Labute approximate surface area is 182 Å². The molecule has 1 aliphatic carbocycles. The van der Waals surface area contributed by atoms with E-state index in [0.717, 1.165) is 44.3 Å². The van der Waals surface area contributed by atoms with Crippen LogP contribution in [0.5, 0.6) is 0 Å². The van der Waals surface area contributed by atoms with Gasteiger partial charge < -0.3 is 10.2 Å². The van der Waals surface area contributed by atoms with Crippen molar-refractivity contribution in [1.29, 1.82) is 0 Å². The number of benzene rings is 1. The fourth-order valence-corrected chi connectivity index (χ4v) is 5.06. The highest BCUT2D eigenvalue weighted by atomic mass is 16.2. The SMILES string of the molecule is CCC(C)NC(=O)C(C1CCCC1)N1CCN(C(=O)C(CC)c2ccccc2)CC1. The second-order valence-corrected chi connectivity index (χ2v) is 9.04. The lowest BCUT2D eigenvalue weighted by Gasteiger charge is -2.41. The van der Waals surface area contributed by atoms with Crippen LogP contribution in [-0.2, 0) is 9.59 Å². The highest BCUT2D eigenvalue weighted by Gasteiger charge is 2.38. The molecule has 1 saturated heterocycles. The van der Waals surface area contributed by atoms with Crippen LogP contribution < -0.4 is 5.32 Å². The van der Waals surface area contributed by atoms with E-state index < -0.39 is 0 Å². The first-order chi connectivity index (χ1) is 14.5. The number of hydrogen-bond donors (Lipinski definition) is 1. The van der Waals surface area contributed by atoms with Crippen molar-refractivity contribution >= 4 is 11.8 Å². The molecule has 2 amide bonds. The zero-order valence-corrected chi connectivity index (χ0v) is 19.0. The number of nitrogens with zero attached hydrogens (tertiary/aromatic N) is 2. The first kappa shape index (κ1) is 22.8. The van der Waals surface area contributed by atoms with Crippen LogP contribution >= 0.6 is 0 Å². The highest BCUT2D eigenvalue weighted by molar-refractivity contribution is 5.84. The smallest absolute Gasteiger partial charge is 0.237 e. The van der Waals surface area contributed by atoms with E-state index in [-0.39, 0.29) is 29.8 Å². The maximum absolute atomic E-state index is 13.2. The Bertz CT molecular complexity index is 679. The molecule has 5 nitrogen and oxygen atoms in total. The van der Waals surface area contributed by atoms with Gasteiger partial charge in [-0.25, -0.2) is 0 Å². The van der Waals surface area contributed by atoms with Gasteiger partial charge in [0.2, 0.25) is 11.8 Å². The van der Waals surface area contributed by atoms with Gasteiger partial charge in [-0.15, -0.1) is 0 Å². The van der Waals surface area contributed by atoms with Crippen molar-refractivity contribution in [2.75, 3.05) is 26.2 Å². The van der Waals surface area contributed by atoms with Crippen molar-refractivity contribution < 1.29 is 9.59 Å². The first-order valence-electron chi connectivity index (χ1n) is 11.9. The van der Waals surface area contributed by atoms with Crippen molar-refractivity contribution in [3.8, 4) is 0 Å². The molecule has 166 valence electrons. The van der Waals surface area contributed by atoms with Crippen LogP contribution in [0.1, 0.15) is 70.8 Å². The molecule has 1 aromatic rings. The molecule has 1 saturated carbocycles. The van der Waals surface area contributed by atoms with Crippen molar-refractivity contribution in [3.63, 3.8) is 0 Å². The van der Waals surface area contributed by atoms with Crippen LogP contribution in [0.4, 0.5) is 0 Å². The van der Waals surface area contributed by atoms with Crippen LogP contribution in [-0.4, -0.2) is 59.9 Å². The van der Waals surface area contributed by atoms with Crippen LogP contribution in [0.3, 0.4) is 0 Å². The van der Waals surface area contributed by atoms with Gasteiger partial charge in [-0.3, -0.25) is 14.5 Å². The number of piperazine rings is 1. The maximum Gasteiger partial charge on any atom is 0.237 e. The zero-order chi connectivity index (χ0) is 21.5. The molecule has 0 radical (unpaired) electrons. The number of amides is 2. The first-order valence-corrected chi connectivity index (χ1v) is 11.9. The molecular weight excluding hydrogens is 374 g/mol. The largest absolute Gasteiger partial charge is 0.352 e. The van der Waals surface area contributed by atoms with Gasteiger partial charge in [-0.05, 0) is 44.1 Å². The monoisotopic (exact) mass is 413 g/mol. The van der Waals surface area contributed by atoms with E-state index in [1.807, 2.05) is 23.1 Å². The molecule has 1 aromatic carbocycles.